The van der Waals surface area contributed by atoms with Gasteiger partial charge in [-0.25, -0.2) is 8.78 Å². The normalized spacial score (nSPS) is 12.8. The first-order valence-corrected chi connectivity index (χ1v) is 9.45. The van der Waals surface area contributed by atoms with Crippen LogP contribution in [0.4, 0.5) is 8.78 Å². The van der Waals surface area contributed by atoms with Crippen molar-refractivity contribution in [3.05, 3.63) is 59.2 Å². The Morgan fingerprint density at radius 2 is 1.47 bits per heavy atom. The van der Waals surface area contributed by atoms with E-state index >= 15 is 0 Å². The van der Waals surface area contributed by atoms with Gasteiger partial charge in [-0.1, -0.05) is 19.9 Å². The summed E-state index contributed by atoms with van der Waals surface area (Å²) in [7, 11) is 2.95. The number of ether oxygens (including phenoxy) is 2. The molecule has 8 heteroatoms. The maximum Gasteiger partial charge on any atom is 0.252 e. The zero-order valence-electron chi connectivity index (χ0n) is 17.6. The van der Waals surface area contributed by atoms with Gasteiger partial charge in [0.2, 0.25) is 5.91 Å². The van der Waals surface area contributed by atoms with Crippen LogP contribution in [0.25, 0.3) is 0 Å². The first-order valence-electron chi connectivity index (χ1n) is 9.45. The number of halogens is 2. The summed E-state index contributed by atoms with van der Waals surface area (Å²) >= 11 is 0. The Morgan fingerprint density at radius 1 is 0.867 bits per heavy atom. The third kappa shape index (κ3) is 5.68. The van der Waals surface area contributed by atoms with E-state index in [1.54, 1.807) is 26.8 Å². The minimum Gasteiger partial charge on any atom is -0.497 e. The maximum absolute atomic E-state index is 13.5. The maximum atomic E-state index is 13.5. The Kier molecular flexibility index (Phi) is 7.74. The highest BCUT2D eigenvalue weighted by atomic mass is 19.2. The lowest BCUT2D eigenvalue weighted by Gasteiger charge is -2.24. The molecule has 2 atom stereocenters. The Morgan fingerprint density at radius 3 is 1.97 bits per heavy atom. The van der Waals surface area contributed by atoms with Gasteiger partial charge in [-0.05, 0) is 42.7 Å². The van der Waals surface area contributed by atoms with Crippen LogP contribution >= 0.6 is 0 Å². The standard InChI is InChI=1S/C22H26F2N2O4/c1-12(2)20(22(28)25-13(3)14-6-7-18(23)19(24)10-14)26-21(27)15-8-16(29-4)11-17(9-15)30-5/h6-13,20H,1-5H3,(H,25,28)(H,26,27). The molecule has 0 bridgehead atoms. The molecule has 0 saturated heterocycles. The Bertz CT molecular complexity index is 896. The lowest BCUT2D eigenvalue weighted by molar-refractivity contribution is -0.124. The van der Waals surface area contributed by atoms with E-state index < -0.39 is 35.5 Å². The van der Waals surface area contributed by atoms with Crippen molar-refractivity contribution in [3.63, 3.8) is 0 Å². The number of nitrogens with one attached hydrogen (secondary N) is 2. The monoisotopic (exact) mass is 420 g/mol. The van der Waals surface area contributed by atoms with E-state index in [2.05, 4.69) is 10.6 Å². The van der Waals surface area contributed by atoms with Gasteiger partial charge in [0.1, 0.15) is 17.5 Å². The molecule has 0 aliphatic rings. The molecular weight excluding hydrogens is 394 g/mol. The van der Waals surface area contributed by atoms with Crippen molar-refractivity contribution in [1.29, 1.82) is 0 Å². The molecule has 0 saturated carbocycles. The number of carbonyl (C=O) groups is 2. The van der Waals surface area contributed by atoms with E-state index in [1.165, 1.54) is 32.4 Å². The smallest absolute Gasteiger partial charge is 0.252 e. The average Bonchev–Trinajstić information content (AvgIpc) is 2.72. The summed E-state index contributed by atoms with van der Waals surface area (Å²) in [6.45, 7) is 5.23. The SMILES string of the molecule is COc1cc(OC)cc(C(=O)NC(C(=O)NC(C)c2ccc(F)c(F)c2)C(C)C)c1. The van der Waals surface area contributed by atoms with E-state index in [9.17, 15) is 18.4 Å². The molecule has 0 aromatic heterocycles. The molecule has 6 nitrogen and oxygen atoms in total. The van der Waals surface area contributed by atoms with Crippen molar-refractivity contribution in [2.24, 2.45) is 5.92 Å². The minimum absolute atomic E-state index is 0.224. The summed E-state index contributed by atoms with van der Waals surface area (Å²) in [4.78, 5) is 25.5. The Hall–Kier alpha value is -3.16. The molecule has 2 aromatic rings. The number of hydrogen-bond donors (Lipinski definition) is 2. The van der Waals surface area contributed by atoms with Gasteiger partial charge in [0.05, 0.1) is 20.3 Å². The number of hydrogen-bond acceptors (Lipinski definition) is 4. The summed E-state index contributed by atoms with van der Waals surface area (Å²) in [6.07, 6.45) is 0. The van der Waals surface area contributed by atoms with Crippen LogP contribution in [-0.4, -0.2) is 32.1 Å². The lowest BCUT2D eigenvalue weighted by atomic mass is 10.0. The second-order valence-corrected chi connectivity index (χ2v) is 7.20. The Labute approximate surface area is 174 Å². The fraction of sp³-hybridized carbons (Fsp3) is 0.364. The lowest BCUT2D eigenvalue weighted by Crippen LogP contribution is -2.50. The largest absolute Gasteiger partial charge is 0.497 e. The van der Waals surface area contributed by atoms with Gasteiger partial charge >= 0.3 is 0 Å². The molecule has 0 fully saturated rings. The highest BCUT2D eigenvalue weighted by molar-refractivity contribution is 5.98. The van der Waals surface area contributed by atoms with E-state index in [-0.39, 0.29) is 11.5 Å². The first kappa shape index (κ1) is 23.1. The van der Waals surface area contributed by atoms with Crippen LogP contribution in [0.5, 0.6) is 11.5 Å². The Balaban J connectivity index is 2.15. The predicted octanol–water partition coefficient (Wildman–Crippen LogP) is 3.61. The molecule has 0 aliphatic heterocycles. The summed E-state index contributed by atoms with van der Waals surface area (Å²) in [5.74, 6) is -2.20. The van der Waals surface area contributed by atoms with Gasteiger partial charge in [0.25, 0.3) is 5.91 Å². The van der Waals surface area contributed by atoms with Gasteiger partial charge < -0.3 is 20.1 Å². The van der Waals surface area contributed by atoms with Gasteiger partial charge in [-0.2, -0.15) is 0 Å². The summed E-state index contributed by atoms with van der Waals surface area (Å²) < 4.78 is 37.0. The van der Waals surface area contributed by atoms with Gasteiger partial charge in [0.15, 0.2) is 11.6 Å². The minimum atomic E-state index is -0.991. The van der Waals surface area contributed by atoms with Crippen LogP contribution in [-0.2, 0) is 4.79 Å². The number of amides is 2. The molecule has 2 rings (SSSR count). The number of benzene rings is 2. The molecule has 2 aromatic carbocycles. The van der Waals surface area contributed by atoms with E-state index in [0.29, 0.717) is 17.1 Å². The average molecular weight is 420 g/mol. The predicted molar refractivity (Wildman–Crippen MR) is 109 cm³/mol. The molecule has 0 heterocycles. The van der Waals surface area contributed by atoms with Crippen molar-refractivity contribution in [2.45, 2.75) is 32.9 Å². The van der Waals surface area contributed by atoms with E-state index in [1.807, 2.05) is 0 Å². The number of rotatable bonds is 8. The van der Waals surface area contributed by atoms with Crippen LogP contribution in [0, 0.1) is 17.6 Å². The van der Waals surface area contributed by atoms with E-state index in [0.717, 1.165) is 12.1 Å². The summed E-state index contributed by atoms with van der Waals surface area (Å²) in [6, 6.07) is 6.72. The highest BCUT2D eigenvalue weighted by Crippen LogP contribution is 2.23. The highest BCUT2D eigenvalue weighted by Gasteiger charge is 2.26. The molecule has 2 unspecified atom stereocenters. The third-order valence-electron chi connectivity index (χ3n) is 4.65. The van der Waals surface area contributed by atoms with Crippen molar-refractivity contribution in [1.82, 2.24) is 10.6 Å². The van der Waals surface area contributed by atoms with Crippen LogP contribution in [0.3, 0.4) is 0 Å². The topological polar surface area (TPSA) is 76.7 Å². The second-order valence-electron chi connectivity index (χ2n) is 7.20. The van der Waals surface area contributed by atoms with Crippen LogP contribution < -0.4 is 20.1 Å². The van der Waals surface area contributed by atoms with Crippen molar-refractivity contribution in [3.8, 4) is 11.5 Å². The molecule has 0 radical (unpaired) electrons. The van der Waals surface area contributed by atoms with Crippen molar-refractivity contribution < 1.29 is 27.8 Å². The summed E-state index contributed by atoms with van der Waals surface area (Å²) in [5.41, 5.74) is 0.687. The van der Waals surface area contributed by atoms with Crippen LogP contribution in [0.15, 0.2) is 36.4 Å². The van der Waals surface area contributed by atoms with Crippen LogP contribution in [0.1, 0.15) is 42.7 Å². The fourth-order valence-corrected chi connectivity index (χ4v) is 2.87. The molecular formula is C22H26F2N2O4. The quantitative estimate of drug-likeness (QED) is 0.684. The first-order chi connectivity index (χ1) is 14.2. The van der Waals surface area contributed by atoms with Gasteiger partial charge in [0, 0.05) is 11.6 Å². The number of methoxy groups -OCH3 is 2. The van der Waals surface area contributed by atoms with Gasteiger partial charge in [-0.15, -0.1) is 0 Å². The second kappa shape index (κ2) is 10.0. The molecule has 2 N–H and O–H groups in total. The van der Waals surface area contributed by atoms with Crippen molar-refractivity contribution in [2.75, 3.05) is 14.2 Å². The molecule has 0 spiro atoms. The van der Waals surface area contributed by atoms with Crippen molar-refractivity contribution >= 4 is 11.8 Å². The summed E-state index contributed by atoms with van der Waals surface area (Å²) in [5, 5.41) is 5.45. The molecule has 162 valence electrons. The van der Waals surface area contributed by atoms with Crippen LogP contribution in [0.2, 0.25) is 0 Å². The van der Waals surface area contributed by atoms with Gasteiger partial charge in [-0.3, -0.25) is 9.59 Å². The molecule has 2 amide bonds. The molecule has 0 aliphatic carbocycles. The third-order valence-corrected chi connectivity index (χ3v) is 4.65. The number of carbonyl (C=O) groups excluding carboxylic acids is 2. The van der Waals surface area contributed by atoms with E-state index in [4.69, 9.17) is 9.47 Å². The molecule has 30 heavy (non-hydrogen) atoms. The fourth-order valence-electron chi connectivity index (χ4n) is 2.87. The zero-order chi connectivity index (χ0) is 22.4. The zero-order valence-corrected chi connectivity index (χ0v) is 17.6.